The first kappa shape index (κ1) is 16.5. The van der Waals surface area contributed by atoms with Gasteiger partial charge in [-0.05, 0) is 36.8 Å². The Labute approximate surface area is 144 Å². The van der Waals surface area contributed by atoms with Crippen LogP contribution in [-0.4, -0.2) is 23.9 Å². The molecule has 2 aliphatic rings. The first-order valence-corrected chi connectivity index (χ1v) is 8.65. The highest BCUT2D eigenvalue weighted by Gasteiger charge is 2.65. The molecule has 132 valence electrons. The molecule has 2 heterocycles. The molecule has 1 N–H and O–H groups in total. The van der Waals surface area contributed by atoms with Crippen molar-refractivity contribution in [3.63, 3.8) is 0 Å². The van der Waals surface area contributed by atoms with Crippen LogP contribution < -0.4 is 4.90 Å². The fourth-order valence-corrected chi connectivity index (χ4v) is 4.36. The van der Waals surface area contributed by atoms with Crippen LogP contribution in [0.4, 0.5) is 18.9 Å². The maximum atomic E-state index is 14.0. The van der Waals surface area contributed by atoms with E-state index in [2.05, 4.69) is 0 Å². The molecule has 0 unspecified atom stereocenters. The molecule has 4 rings (SSSR count). The lowest BCUT2D eigenvalue weighted by Crippen LogP contribution is -2.54. The summed E-state index contributed by atoms with van der Waals surface area (Å²) in [5.74, 6) is 0. The van der Waals surface area contributed by atoms with E-state index < -0.39 is 17.8 Å². The molecule has 0 amide bonds. The second kappa shape index (κ2) is 5.77. The highest BCUT2D eigenvalue weighted by atomic mass is 19.4. The number of hydrogen-bond acceptors (Lipinski definition) is 2. The lowest BCUT2D eigenvalue weighted by atomic mass is 9.85. The van der Waals surface area contributed by atoms with Crippen LogP contribution in [0.1, 0.15) is 29.5 Å². The Hall–Kier alpha value is -2.01. The van der Waals surface area contributed by atoms with Crippen molar-refractivity contribution in [3.05, 3.63) is 65.2 Å². The molecule has 0 bridgehead atoms. The second-order valence-corrected chi connectivity index (χ2v) is 6.91. The number of nitrogens with zero attached hydrogens (tertiary/aromatic N) is 1. The van der Waals surface area contributed by atoms with Gasteiger partial charge in [-0.25, -0.2) is 0 Å². The highest BCUT2D eigenvalue weighted by Crippen LogP contribution is 2.55. The lowest BCUT2D eigenvalue weighted by Gasteiger charge is -2.38. The smallest absolute Gasteiger partial charge is 0.375 e. The Balaban J connectivity index is 1.75. The summed E-state index contributed by atoms with van der Waals surface area (Å²) in [6, 6.07) is 13.4. The summed E-state index contributed by atoms with van der Waals surface area (Å²) >= 11 is 0. The van der Waals surface area contributed by atoms with Crippen molar-refractivity contribution in [2.45, 2.75) is 43.5 Å². The van der Waals surface area contributed by atoms with Crippen LogP contribution in [0.2, 0.25) is 0 Å². The molecule has 2 nitrogen and oxygen atoms in total. The van der Waals surface area contributed by atoms with Crippen molar-refractivity contribution >= 4 is 5.69 Å². The molecule has 0 radical (unpaired) electrons. The van der Waals surface area contributed by atoms with Crippen molar-refractivity contribution in [2.24, 2.45) is 0 Å². The van der Waals surface area contributed by atoms with Crippen LogP contribution in [0, 0.1) is 0 Å². The molecule has 0 aliphatic carbocycles. The number of halogens is 3. The lowest BCUT2D eigenvalue weighted by molar-refractivity contribution is -0.271. The Kier molecular flexibility index (Phi) is 3.80. The molecule has 5 heteroatoms. The van der Waals surface area contributed by atoms with Gasteiger partial charge in [0.25, 0.3) is 0 Å². The summed E-state index contributed by atoms with van der Waals surface area (Å²) in [5.41, 5.74) is -0.284. The van der Waals surface area contributed by atoms with Crippen molar-refractivity contribution in [1.29, 1.82) is 0 Å². The maximum Gasteiger partial charge on any atom is 0.423 e. The maximum absolute atomic E-state index is 14.0. The molecule has 0 saturated heterocycles. The monoisotopic (exact) mass is 347 g/mol. The summed E-state index contributed by atoms with van der Waals surface area (Å²) in [6.07, 6.45) is -2.37. The molecule has 0 spiro atoms. The summed E-state index contributed by atoms with van der Waals surface area (Å²) in [6.45, 7) is 0.557. The third kappa shape index (κ3) is 2.44. The minimum Gasteiger partial charge on any atom is -0.375 e. The van der Waals surface area contributed by atoms with E-state index in [1.807, 2.05) is 36.4 Å². The Morgan fingerprint density at radius 3 is 2.56 bits per heavy atom. The van der Waals surface area contributed by atoms with Gasteiger partial charge in [0.1, 0.15) is 0 Å². The van der Waals surface area contributed by atoms with Crippen molar-refractivity contribution < 1.29 is 18.3 Å². The van der Waals surface area contributed by atoms with Gasteiger partial charge in [0.15, 0.2) is 0 Å². The first-order valence-electron chi connectivity index (χ1n) is 8.65. The summed E-state index contributed by atoms with van der Waals surface area (Å²) in [5, 5.41) is 10.9. The molecule has 2 aromatic rings. The van der Waals surface area contributed by atoms with Crippen molar-refractivity contribution in [1.82, 2.24) is 0 Å². The third-order valence-corrected chi connectivity index (χ3v) is 5.50. The molecule has 2 atom stereocenters. The van der Waals surface area contributed by atoms with Crippen molar-refractivity contribution in [3.8, 4) is 0 Å². The number of aliphatic hydroxyl groups is 1. The van der Waals surface area contributed by atoms with E-state index in [1.165, 1.54) is 6.07 Å². The Morgan fingerprint density at radius 2 is 1.84 bits per heavy atom. The normalized spacial score (nSPS) is 25.1. The first-order chi connectivity index (χ1) is 11.9. The van der Waals surface area contributed by atoms with Crippen molar-refractivity contribution in [2.75, 3.05) is 11.4 Å². The van der Waals surface area contributed by atoms with Crippen LogP contribution in [0.15, 0.2) is 48.5 Å². The summed E-state index contributed by atoms with van der Waals surface area (Å²) in [4.78, 5) is 1.80. The predicted octanol–water partition coefficient (Wildman–Crippen LogP) is 4.20. The number of hydrogen-bond donors (Lipinski definition) is 1. The van der Waals surface area contributed by atoms with Gasteiger partial charge in [-0.1, -0.05) is 48.5 Å². The zero-order valence-corrected chi connectivity index (χ0v) is 13.8. The molecular weight excluding hydrogens is 327 g/mol. The van der Waals surface area contributed by atoms with Gasteiger partial charge < -0.3 is 10.0 Å². The zero-order chi connectivity index (χ0) is 17.7. The van der Waals surface area contributed by atoms with E-state index in [-0.39, 0.29) is 12.0 Å². The number of anilines is 1. The zero-order valence-electron chi connectivity index (χ0n) is 13.8. The molecular formula is C20H20F3NO. The SMILES string of the molecule is O[C@]1(C(F)(F)F)c2cccc3c2N(CCC3)[C@@H]1CCc1ccccc1. The molecule has 2 aliphatic heterocycles. The average Bonchev–Trinajstić information content (AvgIpc) is 2.86. The topological polar surface area (TPSA) is 23.5 Å². The number of alkyl halides is 3. The summed E-state index contributed by atoms with van der Waals surface area (Å²) < 4.78 is 42.0. The van der Waals surface area contributed by atoms with Gasteiger partial charge in [-0.15, -0.1) is 0 Å². The van der Waals surface area contributed by atoms with Gasteiger partial charge in [0.2, 0.25) is 5.60 Å². The molecule has 0 aromatic heterocycles. The summed E-state index contributed by atoms with van der Waals surface area (Å²) in [7, 11) is 0. The van der Waals surface area contributed by atoms with E-state index >= 15 is 0 Å². The standard InChI is InChI=1S/C20H20F3NO/c21-20(22,23)19(25)16-10-4-8-15-9-5-13-24(18(15)16)17(19)12-11-14-6-2-1-3-7-14/h1-4,6-8,10,17,25H,5,9,11-13H2/t17-,19-/m1/s1. The second-order valence-electron chi connectivity index (χ2n) is 6.91. The van der Waals surface area contributed by atoms with Gasteiger partial charge in [0, 0.05) is 17.8 Å². The number of rotatable bonds is 3. The van der Waals surface area contributed by atoms with Gasteiger partial charge in [-0.2, -0.15) is 13.2 Å². The van der Waals surface area contributed by atoms with Crippen LogP contribution in [0.25, 0.3) is 0 Å². The van der Waals surface area contributed by atoms with Crippen LogP contribution in [0.5, 0.6) is 0 Å². The van der Waals surface area contributed by atoms with E-state index in [1.54, 1.807) is 11.0 Å². The minimum absolute atomic E-state index is 0.0234. The molecule has 0 saturated carbocycles. The van der Waals surface area contributed by atoms with E-state index in [0.29, 0.717) is 18.7 Å². The quantitative estimate of drug-likeness (QED) is 0.899. The number of para-hydroxylation sites is 1. The fraction of sp³-hybridized carbons (Fsp3) is 0.400. The van der Waals surface area contributed by atoms with Gasteiger partial charge >= 0.3 is 6.18 Å². The molecule has 0 fully saturated rings. The highest BCUT2D eigenvalue weighted by molar-refractivity contribution is 5.69. The van der Waals surface area contributed by atoms with Crippen LogP contribution in [-0.2, 0) is 18.4 Å². The van der Waals surface area contributed by atoms with Gasteiger partial charge in [0.05, 0.1) is 6.04 Å². The van der Waals surface area contributed by atoms with E-state index in [4.69, 9.17) is 0 Å². The Morgan fingerprint density at radius 1 is 1.08 bits per heavy atom. The fourth-order valence-electron chi connectivity index (χ4n) is 4.36. The number of aryl methyl sites for hydroxylation is 2. The van der Waals surface area contributed by atoms with Crippen LogP contribution >= 0.6 is 0 Å². The predicted molar refractivity (Wildman–Crippen MR) is 90.6 cm³/mol. The van der Waals surface area contributed by atoms with Gasteiger partial charge in [-0.3, -0.25) is 0 Å². The minimum atomic E-state index is -4.71. The molecule has 25 heavy (non-hydrogen) atoms. The van der Waals surface area contributed by atoms with E-state index in [0.717, 1.165) is 24.0 Å². The van der Waals surface area contributed by atoms with Crippen LogP contribution in [0.3, 0.4) is 0 Å². The molecule has 2 aromatic carbocycles. The third-order valence-electron chi connectivity index (χ3n) is 5.50. The number of benzene rings is 2. The Bertz CT molecular complexity index is 774. The average molecular weight is 347 g/mol. The van der Waals surface area contributed by atoms with E-state index in [9.17, 15) is 18.3 Å². The largest absolute Gasteiger partial charge is 0.423 e.